The number of urea groups is 1. The van der Waals surface area contributed by atoms with Crippen molar-refractivity contribution in [2.45, 2.75) is 38.5 Å². The van der Waals surface area contributed by atoms with E-state index in [1.165, 1.54) is 12.8 Å². The van der Waals surface area contributed by atoms with E-state index in [9.17, 15) is 4.79 Å². The zero-order chi connectivity index (χ0) is 17.7. The average molecular weight is 354 g/mol. The Bertz CT molecular complexity index is 723. The normalized spacial score (nSPS) is 31.7. The van der Waals surface area contributed by atoms with Crippen molar-refractivity contribution in [3.8, 4) is 0 Å². The molecule has 1 aromatic rings. The molecule has 4 aliphatic rings. The topological polar surface area (TPSA) is 57.7 Å². The molecule has 1 N–H and O–H groups in total. The fourth-order valence-electron chi connectivity index (χ4n) is 4.91. The predicted molar refractivity (Wildman–Crippen MR) is 99.0 cm³/mol. The van der Waals surface area contributed by atoms with Gasteiger partial charge in [0.05, 0.1) is 12.2 Å². The average Bonchev–Trinajstić information content (AvgIpc) is 3.41. The molecule has 0 saturated carbocycles. The molecule has 26 heavy (non-hydrogen) atoms. The van der Waals surface area contributed by atoms with Crippen molar-refractivity contribution >= 4 is 11.8 Å². The lowest BCUT2D eigenvalue weighted by Gasteiger charge is -2.21. The van der Waals surface area contributed by atoms with Crippen molar-refractivity contribution < 1.29 is 9.53 Å². The summed E-state index contributed by atoms with van der Waals surface area (Å²) >= 11 is 0. The van der Waals surface area contributed by atoms with Crippen LogP contribution < -0.4 is 10.2 Å². The molecule has 2 amide bonds. The van der Waals surface area contributed by atoms with Crippen molar-refractivity contribution in [2.75, 3.05) is 31.1 Å². The Morgan fingerprint density at radius 2 is 1.88 bits per heavy atom. The number of anilines is 1. The number of carbonyl (C=O) groups is 1. The lowest BCUT2D eigenvalue weighted by Crippen LogP contribution is -2.39. The van der Waals surface area contributed by atoms with Crippen molar-refractivity contribution in [3.05, 3.63) is 35.5 Å². The van der Waals surface area contributed by atoms with Crippen LogP contribution >= 0.6 is 0 Å². The minimum atomic E-state index is 0.0380. The van der Waals surface area contributed by atoms with E-state index in [0.29, 0.717) is 18.4 Å². The fraction of sp³-hybridized carbons (Fsp3) is 0.600. The molecule has 0 spiro atoms. The van der Waals surface area contributed by atoms with Crippen LogP contribution in [0.5, 0.6) is 0 Å². The maximum atomic E-state index is 12.6. The van der Waals surface area contributed by atoms with Gasteiger partial charge in [-0.25, -0.2) is 9.78 Å². The minimum Gasteiger partial charge on any atom is -0.366 e. The number of nitrogens with zero attached hydrogens (tertiary/aromatic N) is 3. The van der Waals surface area contributed by atoms with E-state index in [1.807, 2.05) is 11.8 Å². The van der Waals surface area contributed by atoms with Gasteiger partial charge in [-0.2, -0.15) is 0 Å². The second kappa shape index (κ2) is 6.27. The highest BCUT2D eigenvalue weighted by atomic mass is 16.5. The molecule has 1 aromatic heterocycles. The summed E-state index contributed by atoms with van der Waals surface area (Å²) in [5.41, 5.74) is 2.13. The molecular weight excluding hydrogens is 328 g/mol. The Hall–Kier alpha value is -2.08. The highest BCUT2D eigenvalue weighted by molar-refractivity contribution is 5.74. The molecule has 0 radical (unpaired) electrons. The SMILES string of the molecule is Cc1cc(CNC(=O)N2CC3C4C=CC(O4)C3C2)cc(N2CCCC2)n1. The third kappa shape index (κ3) is 2.76. The lowest BCUT2D eigenvalue weighted by molar-refractivity contribution is 0.0882. The van der Waals surface area contributed by atoms with Crippen molar-refractivity contribution in [1.82, 2.24) is 15.2 Å². The molecule has 4 unspecified atom stereocenters. The molecular formula is C20H26N4O2. The zero-order valence-electron chi connectivity index (χ0n) is 15.2. The maximum absolute atomic E-state index is 12.6. The Morgan fingerprint density at radius 3 is 2.58 bits per heavy atom. The third-order valence-electron chi connectivity index (χ3n) is 6.22. The summed E-state index contributed by atoms with van der Waals surface area (Å²) in [4.78, 5) is 21.6. The first kappa shape index (κ1) is 16.1. The number of nitrogens with one attached hydrogen (secondary N) is 1. The third-order valence-corrected chi connectivity index (χ3v) is 6.22. The zero-order valence-corrected chi connectivity index (χ0v) is 15.2. The number of pyridine rings is 1. The van der Waals surface area contributed by atoms with Crippen LogP contribution in [-0.4, -0.2) is 54.3 Å². The van der Waals surface area contributed by atoms with E-state index in [0.717, 1.165) is 43.3 Å². The fourth-order valence-corrected chi connectivity index (χ4v) is 4.91. The Labute approximate surface area is 154 Å². The smallest absolute Gasteiger partial charge is 0.317 e. The van der Waals surface area contributed by atoms with Gasteiger partial charge in [-0.15, -0.1) is 0 Å². The summed E-state index contributed by atoms with van der Waals surface area (Å²) in [6, 6.07) is 4.22. The van der Waals surface area contributed by atoms with E-state index < -0.39 is 0 Å². The van der Waals surface area contributed by atoms with E-state index in [2.05, 4.69) is 39.5 Å². The Morgan fingerprint density at radius 1 is 1.19 bits per heavy atom. The van der Waals surface area contributed by atoms with Gasteiger partial charge in [-0.3, -0.25) is 0 Å². The summed E-state index contributed by atoms with van der Waals surface area (Å²) in [7, 11) is 0. The number of carbonyl (C=O) groups excluding carboxylic acids is 1. The Balaban J connectivity index is 1.21. The van der Waals surface area contributed by atoms with Crippen LogP contribution in [0.1, 0.15) is 24.1 Å². The second-order valence-corrected chi connectivity index (χ2v) is 8.01. The summed E-state index contributed by atoms with van der Waals surface area (Å²) in [5.74, 6) is 1.99. The van der Waals surface area contributed by atoms with Crippen LogP contribution in [0, 0.1) is 18.8 Å². The molecule has 6 heteroatoms. The van der Waals surface area contributed by atoms with Crippen LogP contribution in [-0.2, 0) is 11.3 Å². The van der Waals surface area contributed by atoms with Crippen LogP contribution in [0.4, 0.5) is 10.6 Å². The summed E-state index contributed by atoms with van der Waals surface area (Å²) < 4.78 is 5.89. The van der Waals surface area contributed by atoms with Gasteiger partial charge in [-0.05, 0) is 37.5 Å². The molecule has 4 aliphatic heterocycles. The quantitative estimate of drug-likeness (QED) is 0.845. The summed E-state index contributed by atoms with van der Waals surface area (Å²) in [6.07, 6.45) is 7.22. The highest BCUT2D eigenvalue weighted by Gasteiger charge is 2.51. The summed E-state index contributed by atoms with van der Waals surface area (Å²) in [5, 5.41) is 3.10. The first-order chi connectivity index (χ1) is 12.7. The van der Waals surface area contributed by atoms with Gasteiger partial charge in [0.2, 0.25) is 0 Å². The number of aromatic nitrogens is 1. The van der Waals surface area contributed by atoms with Gasteiger partial charge in [0.15, 0.2) is 0 Å². The number of amides is 2. The molecule has 5 heterocycles. The molecule has 138 valence electrons. The predicted octanol–water partition coefficient (Wildman–Crippen LogP) is 2.09. The number of hydrogen-bond acceptors (Lipinski definition) is 4. The molecule has 5 rings (SSSR count). The number of fused-ring (bicyclic) bond motifs is 5. The highest BCUT2D eigenvalue weighted by Crippen LogP contribution is 2.43. The van der Waals surface area contributed by atoms with E-state index in [4.69, 9.17) is 4.74 Å². The minimum absolute atomic E-state index is 0.0380. The van der Waals surface area contributed by atoms with Gasteiger partial charge >= 0.3 is 6.03 Å². The van der Waals surface area contributed by atoms with E-state index >= 15 is 0 Å². The number of likely N-dealkylation sites (tertiary alicyclic amines) is 1. The van der Waals surface area contributed by atoms with E-state index in [1.54, 1.807) is 0 Å². The number of aryl methyl sites for hydroxylation is 1. The first-order valence-electron chi connectivity index (χ1n) is 9.76. The summed E-state index contributed by atoms with van der Waals surface area (Å²) in [6.45, 7) is 6.34. The van der Waals surface area contributed by atoms with Gasteiger partial charge in [0.1, 0.15) is 5.82 Å². The van der Waals surface area contributed by atoms with Gasteiger partial charge in [0.25, 0.3) is 0 Å². The maximum Gasteiger partial charge on any atom is 0.317 e. The number of ether oxygens (including phenoxy) is 1. The van der Waals surface area contributed by atoms with Crippen LogP contribution in [0.15, 0.2) is 24.3 Å². The van der Waals surface area contributed by atoms with Crippen molar-refractivity contribution in [2.24, 2.45) is 11.8 Å². The molecule has 3 saturated heterocycles. The van der Waals surface area contributed by atoms with Gasteiger partial charge in [0, 0.05) is 50.3 Å². The first-order valence-corrected chi connectivity index (χ1v) is 9.76. The van der Waals surface area contributed by atoms with E-state index in [-0.39, 0.29) is 18.2 Å². The monoisotopic (exact) mass is 354 g/mol. The lowest BCUT2D eigenvalue weighted by atomic mass is 9.86. The van der Waals surface area contributed by atoms with Crippen molar-refractivity contribution in [3.63, 3.8) is 0 Å². The molecule has 4 atom stereocenters. The molecule has 0 aromatic carbocycles. The van der Waals surface area contributed by atoms with Crippen LogP contribution in [0.25, 0.3) is 0 Å². The molecule has 0 aliphatic carbocycles. The molecule has 6 nitrogen and oxygen atoms in total. The number of rotatable bonds is 3. The van der Waals surface area contributed by atoms with Gasteiger partial charge < -0.3 is 19.9 Å². The number of hydrogen-bond donors (Lipinski definition) is 1. The van der Waals surface area contributed by atoms with Crippen molar-refractivity contribution in [1.29, 1.82) is 0 Å². The largest absolute Gasteiger partial charge is 0.366 e. The van der Waals surface area contributed by atoms with Gasteiger partial charge in [-0.1, -0.05) is 12.2 Å². The van der Waals surface area contributed by atoms with Crippen LogP contribution in [0.3, 0.4) is 0 Å². The van der Waals surface area contributed by atoms with Crippen LogP contribution in [0.2, 0.25) is 0 Å². The standard InChI is InChI=1S/C20H26N4O2/c1-13-8-14(9-19(22-13)23-6-2-3-7-23)10-21-20(25)24-11-15-16(12-24)18-5-4-17(15)26-18/h4-5,8-9,15-18H,2-3,6-7,10-12H2,1H3,(H,21,25). The second-order valence-electron chi connectivity index (χ2n) is 8.01. The Kier molecular flexibility index (Phi) is 3.89. The molecule has 2 bridgehead atoms. The molecule has 3 fully saturated rings.